The lowest BCUT2D eigenvalue weighted by Gasteiger charge is -2.16. The van der Waals surface area contributed by atoms with Crippen LogP contribution in [0.1, 0.15) is 54.9 Å². The van der Waals surface area contributed by atoms with Crippen molar-refractivity contribution in [1.82, 2.24) is 9.55 Å². The van der Waals surface area contributed by atoms with Crippen molar-refractivity contribution in [1.29, 1.82) is 0 Å². The molecule has 26 heavy (non-hydrogen) atoms. The second kappa shape index (κ2) is 7.32. The lowest BCUT2D eigenvalue weighted by atomic mass is 9.93. The second-order valence-electron chi connectivity index (χ2n) is 7.13. The molecule has 3 rings (SSSR count). The summed E-state index contributed by atoms with van der Waals surface area (Å²) >= 11 is 6.46. The summed E-state index contributed by atoms with van der Waals surface area (Å²) in [6.07, 6.45) is 2.18. The average Bonchev–Trinajstić information content (AvgIpc) is 2.92. The molecular weight excluding hydrogens is 344 g/mol. The van der Waals surface area contributed by atoms with E-state index in [1.54, 1.807) is 0 Å². The van der Waals surface area contributed by atoms with Gasteiger partial charge in [0.25, 0.3) is 0 Å². The van der Waals surface area contributed by atoms with Gasteiger partial charge in [-0.15, -0.1) is 0 Å². The highest BCUT2D eigenvalue weighted by atomic mass is 35.5. The van der Waals surface area contributed by atoms with Crippen molar-refractivity contribution < 1.29 is 4.74 Å². The normalized spacial score (nSPS) is 11.5. The Morgan fingerprint density at radius 2 is 1.69 bits per heavy atom. The summed E-state index contributed by atoms with van der Waals surface area (Å²) in [6.45, 7) is 10.7. The van der Waals surface area contributed by atoms with Crippen LogP contribution in [0.15, 0.2) is 24.3 Å². The van der Waals surface area contributed by atoms with Crippen LogP contribution in [0.2, 0.25) is 5.02 Å². The number of benzene rings is 2. The minimum Gasteiger partial charge on any atom is -0.425 e. The zero-order valence-corrected chi connectivity index (χ0v) is 17.2. The number of hydrogen-bond donors (Lipinski definition) is 0. The molecule has 1 heterocycles. The van der Waals surface area contributed by atoms with E-state index in [2.05, 4.69) is 52.8 Å². The van der Waals surface area contributed by atoms with Crippen molar-refractivity contribution in [3.05, 3.63) is 51.5 Å². The topological polar surface area (TPSA) is 27.1 Å². The fraction of sp³-hybridized carbons (Fsp3) is 0.409. The molecule has 0 N–H and O–H groups in total. The van der Waals surface area contributed by atoms with Gasteiger partial charge in [-0.3, -0.25) is 4.57 Å². The van der Waals surface area contributed by atoms with Crippen LogP contribution < -0.4 is 4.74 Å². The van der Waals surface area contributed by atoms with E-state index >= 15 is 0 Å². The summed E-state index contributed by atoms with van der Waals surface area (Å²) in [5.41, 5.74) is 6.63. The Morgan fingerprint density at radius 3 is 2.27 bits per heavy atom. The minimum absolute atomic E-state index is 0.487. The van der Waals surface area contributed by atoms with Crippen LogP contribution in [0, 0.1) is 20.8 Å². The highest BCUT2D eigenvalue weighted by Crippen LogP contribution is 2.37. The maximum absolute atomic E-state index is 6.46. The third-order valence-corrected chi connectivity index (χ3v) is 5.49. The number of aromatic nitrogens is 2. The summed E-state index contributed by atoms with van der Waals surface area (Å²) in [6, 6.07) is 8.93. The van der Waals surface area contributed by atoms with Crippen molar-refractivity contribution in [3.63, 3.8) is 0 Å². The monoisotopic (exact) mass is 370 g/mol. The molecule has 0 radical (unpaired) electrons. The van der Waals surface area contributed by atoms with E-state index in [1.165, 1.54) is 11.1 Å². The smallest absolute Gasteiger partial charge is 0.302 e. The number of fused-ring (bicyclic) bond motifs is 1. The summed E-state index contributed by atoms with van der Waals surface area (Å²) in [5.74, 6) is 1.36. The SMILES string of the molecule is CCC(CC)c1ccc(Cl)c2nc(Oc3c(C)cc(C)cc3C)n(C)c12. The predicted molar refractivity (Wildman–Crippen MR) is 110 cm³/mol. The van der Waals surface area contributed by atoms with Crippen molar-refractivity contribution in [2.75, 3.05) is 0 Å². The first kappa shape index (κ1) is 18.8. The molecule has 0 aliphatic heterocycles. The number of aryl methyl sites for hydroxylation is 4. The van der Waals surface area contributed by atoms with Crippen molar-refractivity contribution in [2.45, 2.75) is 53.4 Å². The maximum atomic E-state index is 6.46. The molecule has 3 nitrogen and oxygen atoms in total. The highest BCUT2D eigenvalue weighted by Gasteiger charge is 2.20. The van der Waals surface area contributed by atoms with Gasteiger partial charge in [0.1, 0.15) is 11.3 Å². The Hall–Kier alpha value is -2.00. The number of hydrogen-bond acceptors (Lipinski definition) is 2. The molecule has 0 unspecified atom stereocenters. The first-order chi connectivity index (χ1) is 12.4. The molecule has 0 saturated heterocycles. The zero-order valence-electron chi connectivity index (χ0n) is 16.5. The van der Waals surface area contributed by atoms with Gasteiger partial charge in [-0.2, -0.15) is 4.98 Å². The molecule has 2 aromatic carbocycles. The minimum atomic E-state index is 0.487. The molecule has 0 aliphatic rings. The lowest BCUT2D eigenvalue weighted by molar-refractivity contribution is 0.421. The van der Waals surface area contributed by atoms with Gasteiger partial charge in [-0.25, -0.2) is 0 Å². The van der Waals surface area contributed by atoms with E-state index in [-0.39, 0.29) is 0 Å². The van der Waals surface area contributed by atoms with E-state index in [4.69, 9.17) is 21.3 Å². The Labute approximate surface area is 161 Å². The van der Waals surface area contributed by atoms with Gasteiger partial charge in [-0.05, 0) is 62.3 Å². The van der Waals surface area contributed by atoms with Crippen molar-refractivity contribution >= 4 is 22.6 Å². The van der Waals surface area contributed by atoms with E-state index in [1.807, 2.05) is 17.7 Å². The first-order valence-electron chi connectivity index (χ1n) is 9.27. The molecule has 0 saturated carbocycles. The van der Waals surface area contributed by atoms with E-state index in [9.17, 15) is 0 Å². The van der Waals surface area contributed by atoms with Crippen LogP contribution in [0.4, 0.5) is 0 Å². The van der Waals surface area contributed by atoms with Crippen LogP contribution in [-0.4, -0.2) is 9.55 Å². The Bertz CT molecular complexity index is 931. The zero-order chi connectivity index (χ0) is 19.0. The third-order valence-electron chi connectivity index (χ3n) is 5.19. The summed E-state index contributed by atoms with van der Waals surface area (Å²) < 4.78 is 8.30. The first-order valence-corrected chi connectivity index (χ1v) is 9.65. The number of halogens is 1. The summed E-state index contributed by atoms with van der Waals surface area (Å²) in [4.78, 5) is 4.73. The number of rotatable bonds is 5. The molecule has 1 aromatic heterocycles. The fourth-order valence-corrected chi connectivity index (χ4v) is 4.06. The van der Waals surface area contributed by atoms with Gasteiger partial charge in [0.2, 0.25) is 0 Å². The molecule has 0 aliphatic carbocycles. The molecule has 0 amide bonds. The number of imidazole rings is 1. The molecule has 3 aromatic rings. The molecule has 138 valence electrons. The van der Waals surface area contributed by atoms with Gasteiger partial charge in [0.05, 0.1) is 10.5 Å². The maximum Gasteiger partial charge on any atom is 0.302 e. The average molecular weight is 371 g/mol. The van der Waals surface area contributed by atoms with Gasteiger partial charge < -0.3 is 4.74 Å². The van der Waals surface area contributed by atoms with E-state index in [0.29, 0.717) is 17.0 Å². The third kappa shape index (κ3) is 3.21. The number of nitrogens with zero attached hydrogens (tertiary/aromatic N) is 2. The van der Waals surface area contributed by atoms with Gasteiger partial charge in [0.15, 0.2) is 0 Å². The molecule has 0 spiro atoms. The van der Waals surface area contributed by atoms with E-state index < -0.39 is 0 Å². The van der Waals surface area contributed by atoms with Gasteiger partial charge >= 0.3 is 6.01 Å². The van der Waals surface area contributed by atoms with Crippen molar-refractivity contribution in [3.8, 4) is 11.8 Å². The molecule has 0 atom stereocenters. The Balaban J connectivity index is 2.16. The molecular formula is C22H27ClN2O. The van der Waals surface area contributed by atoms with Crippen LogP contribution in [-0.2, 0) is 7.05 Å². The molecule has 0 bridgehead atoms. The van der Waals surface area contributed by atoms with Crippen LogP contribution >= 0.6 is 11.6 Å². The summed E-state index contributed by atoms with van der Waals surface area (Å²) in [5, 5.41) is 0.664. The Kier molecular flexibility index (Phi) is 5.29. The van der Waals surface area contributed by atoms with Crippen LogP contribution in [0.3, 0.4) is 0 Å². The molecule has 0 fully saturated rings. The predicted octanol–water partition coefficient (Wildman–Crippen LogP) is 6.85. The standard InChI is InChI=1S/C22H27ClN2O/c1-7-16(8-2)17-9-10-18(23)19-20(17)25(6)22(24-19)26-21-14(4)11-13(3)12-15(21)5/h9-12,16H,7-8H2,1-6H3. The van der Waals surface area contributed by atoms with E-state index in [0.717, 1.165) is 40.8 Å². The van der Waals surface area contributed by atoms with Crippen LogP contribution in [0.25, 0.3) is 11.0 Å². The van der Waals surface area contributed by atoms with Gasteiger partial charge in [0, 0.05) is 7.05 Å². The van der Waals surface area contributed by atoms with Crippen molar-refractivity contribution in [2.24, 2.45) is 7.05 Å². The lowest BCUT2D eigenvalue weighted by Crippen LogP contribution is -2.02. The molecule has 4 heteroatoms. The van der Waals surface area contributed by atoms with Crippen LogP contribution in [0.5, 0.6) is 11.8 Å². The fourth-order valence-electron chi connectivity index (χ4n) is 3.86. The quantitative estimate of drug-likeness (QED) is 0.491. The summed E-state index contributed by atoms with van der Waals surface area (Å²) in [7, 11) is 2.01. The number of ether oxygens (including phenoxy) is 1. The highest BCUT2D eigenvalue weighted by molar-refractivity contribution is 6.35. The Morgan fingerprint density at radius 1 is 1.08 bits per heavy atom. The largest absolute Gasteiger partial charge is 0.425 e. The second-order valence-corrected chi connectivity index (χ2v) is 7.54. The van der Waals surface area contributed by atoms with Gasteiger partial charge in [-0.1, -0.05) is 49.2 Å².